The van der Waals surface area contributed by atoms with Crippen LogP contribution in [0.2, 0.25) is 0 Å². The molecular formula is C17H26N2O. The number of hydrogen-bond acceptors (Lipinski definition) is 2. The number of amides is 1. The smallest absolute Gasteiger partial charge is 0.240 e. The molecule has 1 atom stereocenters. The molecule has 1 aromatic carbocycles. The van der Waals surface area contributed by atoms with Crippen molar-refractivity contribution in [1.29, 1.82) is 0 Å². The molecule has 1 heterocycles. The molecule has 0 aliphatic carbocycles. The van der Waals surface area contributed by atoms with Gasteiger partial charge in [0.15, 0.2) is 0 Å². The molecule has 0 fully saturated rings. The first-order chi connectivity index (χ1) is 9.41. The van der Waals surface area contributed by atoms with Crippen molar-refractivity contribution in [3.63, 3.8) is 0 Å². The van der Waals surface area contributed by atoms with E-state index in [4.69, 9.17) is 0 Å². The minimum atomic E-state index is -0.0546. The molecule has 1 aliphatic rings. The number of carbonyl (C=O) groups is 1. The van der Waals surface area contributed by atoms with Gasteiger partial charge in [-0.15, -0.1) is 0 Å². The van der Waals surface area contributed by atoms with Crippen LogP contribution in [0.15, 0.2) is 24.3 Å². The molecule has 0 bridgehead atoms. The van der Waals surface area contributed by atoms with E-state index in [2.05, 4.69) is 63.9 Å². The van der Waals surface area contributed by atoms with E-state index in [0.717, 1.165) is 13.0 Å². The summed E-state index contributed by atoms with van der Waals surface area (Å²) in [5, 5.41) is 0. The summed E-state index contributed by atoms with van der Waals surface area (Å²) in [7, 11) is 2.06. The van der Waals surface area contributed by atoms with Crippen LogP contribution in [0.25, 0.3) is 0 Å². The molecule has 3 nitrogen and oxygen atoms in total. The summed E-state index contributed by atoms with van der Waals surface area (Å²) in [5.41, 5.74) is 2.59. The van der Waals surface area contributed by atoms with Gasteiger partial charge >= 0.3 is 0 Å². The summed E-state index contributed by atoms with van der Waals surface area (Å²) in [6, 6.07) is 8.99. The Morgan fingerprint density at radius 3 is 2.30 bits per heavy atom. The molecule has 0 spiro atoms. The average Bonchev–Trinajstić information content (AvgIpc) is 2.55. The van der Waals surface area contributed by atoms with Crippen LogP contribution in [0, 0.1) is 0 Å². The number of hydrogen-bond donors (Lipinski definition) is 0. The third-order valence-electron chi connectivity index (χ3n) is 4.37. The topological polar surface area (TPSA) is 23.6 Å². The first-order valence-electron chi connectivity index (χ1n) is 7.51. The number of rotatable bonds is 3. The summed E-state index contributed by atoms with van der Waals surface area (Å²) in [6.45, 7) is 9.21. The Bertz CT molecular complexity index is 482. The van der Waals surface area contributed by atoms with Crippen LogP contribution in [0.4, 0.5) is 0 Å². The van der Waals surface area contributed by atoms with Gasteiger partial charge in [0.1, 0.15) is 0 Å². The lowest BCUT2D eigenvalue weighted by Gasteiger charge is -2.34. The highest BCUT2D eigenvalue weighted by Crippen LogP contribution is 2.24. The molecule has 0 saturated carbocycles. The SMILES string of the molecule is CC(C)N1Cc2ccccc2CC(N(C)C(C)C)C1=O. The van der Waals surface area contributed by atoms with Gasteiger partial charge in [0.05, 0.1) is 6.04 Å². The largest absolute Gasteiger partial charge is 0.335 e. The van der Waals surface area contributed by atoms with Crippen molar-refractivity contribution < 1.29 is 4.79 Å². The third kappa shape index (κ3) is 2.88. The van der Waals surface area contributed by atoms with Crippen LogP contribution in [0.5, 0.6) is 0 Å². The van der Waals surface area contributed by atoms with Gasteiger partial charge in [-0.2, -0.15) is 0 Å². The van der Waals surface area contributed by atoms with Gasteiger partial charge < -0.3 is 4.90 Å². The third-order valence-corrected chi connectivity index (χ3v) is 4.37. The van der Waals surface area contributed by atoms with E-state index in [1.807, 2.05) is 4.90 Å². The number of nitrogens with zero attached hydrogens (tertiary/aromatic N) is 2. The molecule has 110 valence electrons. The minimum Gasteiger partial charge on any atom is -0.335 e. The lowest BCUT2D eigenvalue weighted by molar-refractivity contribution is -0.139. The molecule has 1 amide bonds. The maximum absolute atomic E-state index is 12.9. The second-order valence-electron chi connectivity index (χ2n) is 6.31. The van der Waals surface area contributed by atoms with E-state index in [9.17, 15) is 4.79 Å². The summed E-state index contributed by atoms with van der Waals surface area (Å²) in [4.78, 5) is 17.1. The molecule has 0 saturated heterocycles. The fourth-order valence-electron chi connectivity index (χ4n) is 2.77. The van der Waals surface area contributed by atoms with Gasteiger partial charge in [0.25, 0.3) is 0 Å². The monoisotopic (exact) mass is 274 g/mol. The zero-order valence-corrected chi connectivity index (χ0v) is 13.3. The highest BCUT2D eigenvalue weighted by Gasteiger charge is 2.33. The molecule has 0 aromatic heterocycles. The van der Waals surface area contributed by atoms with E-state index < -0.39 is 0 Å². The number of fused-ring (bicyclic) bond motifs is 1. The predicted octanol–water partition coefficient (Wildman–Crippen LogP) is 2.69. The van der Waals surface area contributed by atoms with Crippen molar-refractivity contribution >= 4 is 5.91 Å². The highest BCUT2D eigenvalue weighted by molar-refractivity contribution is 5.83. The summed E-state index contributed by atoms with van der Waals surface area (Å²) in [5.74, 6) is 0.257. The van der Waals surface area contributed by atoms with Crippen LogP contribution < -0.4 is 0 Å². The zero-order chi connectivity index (χ0) is 14.9. The van der Waals surface area contributed by atoms with Crippen LogP contribution in [0.1, 0.15) is 38.8 Å². The number of carbonyl (C=O) groups excluding carboxylic acids is 1. The molecule has 1 aromatic rings. The van der Waals surface area contributed by atoms with Crippen molar-refractivity contribution in [2.75, 3.05) is 7.05 Å². The maximum atomic E-state index is 12.9. The maximum Gasteiger partial charge on any atom is 0.240 e. The fourth-order valence-corrected chi connectivity index (χ4v) is 2.77. The second-order valence-corrected chi connectivity index (χ2v) is 6.31. The molecule has 1 unspecified atom stereocenters. The molecule has 2 rings (SSSR count). The molecule has 3 heteroatoms. The van der Waals surface area contributed by atoms with Crippen molar-refractivity contribution in [2.45, 2.75) is 58.8 Å². The van der Waals surface area contributed by atoms with Gasteiger partial charge in [-0.3, -0.25) is 9.69 Å². The lowest BCUT2D eigenvalue weighted by atomic mass is 10.0. The van der Waals surface area contributed by atoms with Crippen LogP contribution in [0.3, 0.4) is 0 Å². The van der Waals surface area contributed by atoms with Crippen LogP contribution in [-0.2, 0) is 17.8 Å². The van der Waals surface area contributed by atoms with Crippen LogP contribution in [-0.4, -0.2) is 40.9 Å². The van der Waals surface area contributed by atoms with Crippen molar-refractivity contribution in [1.82, 2.24) is 9.80 Å². The predicted molar refractivity (Wildman–Crippen MR) is 82.5 cm³/mol. The lowest BCUT2D eigenvalue weighted by Crippen LogP contribution is -2.50. The Morgan fingerprint density at radius 1 is 1.15 bits per heavy atom. The first kappa shape index (κ1) is 15.0. The highest BCUT2D eigenvalue weighted by atomic mass is 16.2. The molecule has 0 radical (unpaired) electrons. The van der Waals surface area contributed by atoms with Gasteiger partial charge in [-0.1, -0.05) is 24.3 Å². The zero-order valence-electron chi connectivity index (χ0n) is 13.3. The summed E-state index contributed by atoms with van der Waals surface area (Å²) >= 11 is 0. The quantitative estimate of drug-likeness (QED) is 0.846. The Labute approximate surface area is 122 Å². The van der Waals surface area contributed by atoms with Gasteiger partial charge in [0, 0.05) is 18.6 Å². The second kappa shape index (κ2) is 5.96. The van der Waals surface area contributed by atoms with E-state index in [0.29, 0.717) is 6.04 Å². The molecule has 20 heavy (non-hydrogen) atoms. The van der Waals surface area contributed by atoms with E-state index in [1.54, 1.807) is 0 Å². The Hall–Kier alpha value is -1.35. The van der Waals surface area contributed by atoms with Gasteiger partial charge in [-0.05, 0) is 52.3 Å². The Balaban J connectivity index is 2.40. The van der Waals surface area contributed by atoms with E-state index in [-0.39, 0.29) is 18.0 Å². The standard InChI is InChI=1S/C17H26N2O/c1-12(2)18(5)16-10-14-8-6-7-9-15(14)11-19(13(3)4)17(16)20/h6-9,12-13,16H,10-11H2,1-5H3. The number of likely N-dealkylation sites (N-methyl/N-ethyl adjacent to an activating group) is 1. The average molecular weight is 274 g/mol. The minimum absolute atomic E-state index is 0.0546. The van der Waals surface area contributed by atoms with Crippen molar-refractivity contribution in [2.24, 2.45) is 0 Å². The summed E-state index contributed by atoms with van der Waals surface area (Å²) in [6.07, 6.45) is 0.812. The summed E-state index contributed by atoms with van der Waals surface area (Å²) < 4.78 is 0. The first-order valence-corrected chi connectivity index (χ1v) is 7.51. The van der Waals surface area contributed by atoms with Gasteiger partial charge in [0.2, 0.25) is 5.91 Å². The number of benzene rings is 1. The van der Waals surface area contributed by atoms with E-state index in [1.165, 1.54) is 11.1 Å². The van der Waals surface area contributed by atoms with Crippen molar-refractivity contribution in [3.8, 4) is 0 Å². The molecule has 1 aliphatic heterocycles. The van der Waals surface area contributed by atoms with Gasteiger partial charge in [-0.25, -0.2) is 0 Å². The normalized spacial score (nSPS) is 19.7. The van der Waals surface area contributed by atoms with E-state index >= 15 is 0 Å². The molecular weight excluding hydrogens is 248 g/mol. The molecule has 0 N–H and O–H groups in total. The fraction of sp³-hybridized carbons (Fsp3) is 0.588. The Kier molecular flexibility index (Phi) is 4.48. The Morgan fingerprint density at radius 2 is 1.75 bits per heavy atom. The van der Waals surface area contributed by atoms with Crippen molar-refractivity contribution in [3.05, 3.63) is 35.4 Å². The van der Waals surface area contributed by atoms with Crippen LogP contribution >= 0.6 is 0 Å².